The van der Waals surface area contributed by atoms with Gasteiger partial charge < -0.3 is 4.85 Å². The van der Waals surface area contributed by atoms with Crippen molar-refractivity contribution >= 4 is 16.0 Å². The number of benzene rings is 1. The summed E-state index contributed by atoms with van der Waals surface area (Å²) >= 11 is 0. The number of rotatable bonds is 5. The molecule has 1 rings (SSSR count). The van der Waals surface area contributed by atoms with Gasteiger partial charge in [-0.05, 0) is 13.3 Å². The van der Waals surface area contributed by atoms with Crippen LogP contribution in [0.2, 0.25) is 0 Å². The van der Waals surface area contributed by atoms with Gasteiger partial charge >= 0.3 is 16.0 Å². The van der Waals surface area contributed by atoms with Crippen LogP contribution in [0.5, 0.6) is 0 Å². The molecule has 0 aliphatic carbocycles. The summed E-state index contributed by atoms with van der Waals surface area (Å²) in [7, 11) is -3.75. The number of oxime groups is 1. The second kappa shape index (κ2) is 6.17. The van der Waals surface area contributed by atoms with E-state index < -0.39 is 15.4 Å². The van der Waals surface area contributed by atoms with Gasteiger partial charge in [0.1, 0.15) is 0 Å². The molecule has 0 amide bonds. The van der Waals surface area contributed by atoms with Crippen molar-refractivity contribution in [3.63, 3.8) is 0 Å². The Morgan fingerprint density at radius 3 is 2.56 bits per heavy atom. The molecule has 0 fully saturated rings. The minimum absolute atomic E-state index is 0.0810. The van der Waals surface area contributed by atoms with E-state index in [1.807, 2.05) is 0 Å². The Bertz CT molecular complexity index is 559. The number of hydrogen-bond donors (Lipinski definition) is 0. The molecule has 0 N–H and O–H groups in total. The van der Waals surface area contributed by atoms with E-state index in [1.165, 1.54) is 6.92 Å². The first-order valence-corrected chi connectivity index (χ1v) is 6.91. The predicted molar refractivity (Wildman–Crippen MR) is 69.3 cm³/mol. The molecule has 18 heavy (non-hydrogen) atoms. The van der Waals surface area contributed by atoms with Gasteiger partial charge in [-0.2, -0.15) is 12.7 Å². The Balaban J connectivity index is 2.93. The highest BCUT2D eigenvalue weighted by molar-refractivity contribution is 7.87. The van der Waals surface area contributed by atoms with Crippen LogP contribution >= 0.6 is 0 Å². The lowest BCUT2D eigenvalue weighted by molar-refractivity contribution is 0.332. The fourth-order valence-electron chi connectivity index (χ4n) is 1.09. The molecule has 96 valence electrons. The normalized spacial score (nSPS) is 13.7. The number of hydrogen-bond acceptors (Lipinski definition) is 4. The SMILES string of the molecule is [C-]#[N+]C(=NOS(=O)(=O)C(C)CC)c1ccccc1. The molecule has 0 bridgehead atoms. The summed E-state index contributed by atoms with van der Waals surface area (Å²) in [4.78, 5) is 3.16. The quantitative estimate of drug-likeness (QED) is 0.356. The van der Waals surface area contributed by atoms with Gasteiger partial charge in [-0.1, -0.05) is 43.8 Å². The van der Waals surface area contributed by atoms with Gasteiger partial charge in [0, 0.05) is 5.56 Å². The van der Waals surface area contributed by atoms with Crippen LogP contribution < -0.4 is 0 Å². The van der Waals surface area contributed by atoms with Crippen LogP contribution in [0.25, 0.3) is 4.85 Å². The standard InChI is InChI=1S/C12H14N2O3S/c1-4-10(2)18(15,16)17-14-12(13-3)11-8-6-5-7-9-11/h5-10H,4H2,1-2H3. The lowest BCUT2D eigenvalue weighted by Gasteiger charge is -2.04. The summed E-state index contributed by atoms with van der Waals surface area (Å²) in [6.45, 7) is 10.2. The zero-order valence-corrected chi connectivity index (χ0v) is 11.0. The van der Waals surface area contributed by atoms with Crippen molar-refractivity contribution in [2.45, 2.75) is 25.5 Å². The van der Waals surface area contributed by atoms with Crippen LogP contribution in [0.1, 0.15) is 25.8 Å². The summed E-state index contributed by atoms with van der Waals surface area (Å²) in [6, 6.07) is 8.59. The largest absolute Gasteiger partial charge is 0.357 e. The Morgan fingerprint density at radius 1 is 1.44 bits per heavy atom. The third kappa shape index (κ3) is 3.57. The third-order valence-electron chi connectivity index (χ3n) is 2.43. The van der Waals surface area contributed by atoms with E-state index in [0.717, 1.165) is 0 Å². The molecule has 0 aliphatic heterocycles. The maximum absolute atomic E-state index is 11.6. The minimum Gasteiger partial charge on any atom is -0.357 e. The van der Waals surface area contributed by atoms with Gasteiger partial charge in [0.2, 0.25) is 0 Å². The summed E-state index contributed by atoms with van der Waals surface area (Å²) < 4.78 is 27.7. The second-order valence-electron chi connectivity index (χ2n) is 3.68. The minimum atomic E-state index is -3.75. The van der Waals surface area contributed by atoms with Gasteiger partial charge in [0.15, 0.2) is 0 Å². The van der Waals surface area contributed by atoms with Crippen LogP contribution in [-0.4, -0.2) is 19.5 Å². The molecule has 0 radical (unpaired) electrons. The molecule has 0 spiro atoms. The zero-order chi connectivity index (χ0) is 13.6. The van der Waals surface area contributed by atoms with Crippen molar-refractivity contribution in [3.05, 3.63) is 47.3 Å². The van der Waals surface area contributed by atoms with Gasteiger partial charge in [0.25, 0.3) is 0 Å². The van der Waals surface area contributed by atoms with Crippen LogP contribution in [0, 0.1) is 6.57 Å². The van der Waals surface area contributed by atoms with Gasteiger partial charge in [-0.25, -0.2) is 0 Å². The third-order valence-corrected chi connectivity index (χ3v) is 4.03. The van der Waals surface area contributed by atoms with E-state index in [0.29, 0.717) is 12.0 Å². The highest BCUT2D eigenvalue weighted by atomic mass is 32.2. The van der Waals surface area contributed by atoms with Crippen molar-refractivity contribution in [2.75, 3.05) is 0 Å². The van der Waals surface area contributed by atoms with Crippen LogP contribution in [-0.2, 0) is 14.4 Å². The molecule has 1 aromatic carbocycles. The first-order valence-electron chi connectivity index (χ1n) is 5.44. The fourth-order valence-corrected chi connectivity index (χ4v) is 1.82. The Hall–Kier alpha value is -1.87. The van der Waals surface area contributed by atoms with Crippen molar-refractivity contribution in [3.8, 4) is 0 Å². The summed E-state index contributed by atoms with van der Waals surface area (Å²) in [5.41, 5.74) is 0.520. The molecular formula is C12H14N2O3S. The highest BCUT2D eigenvalue weighted by Crippen LogP contribution is 2.10. The first kappa shape index (κ1) is 14.2. The van der Waals surface area contributed by atoms with Crippen LogP contribution in [0.3, 0.4) is 0 Å². The Morgan fingerprint density at radius 2 is 2.06 bits per heavy atom. The molecule has 1 aromatic rings. The van der Waals surface area contributed by atoms with Crippen molar-refractivity contribution in [2.24, 2.45) is 5.16 Å². The first-order chi connectivity index (χ1) is 8.51. The monoisotopic (exact) mass is 266 g/mol. The average Bonchev–Trinajstić information content (AvgIpc) is 2.39. The number of amidine groups is 1. The molecule has 6 heteroatoms. The lowest BCUT2D eigenvalue weighted by Crippen LogP contribution is -2.18. The van der Waals surface area contributed by atoms with E-state index >= 15 is 0 Å². The van der Waals surface area contributed by atoms with Crippen molar-refractivity contribution in [1.82, 2.24) is 0 Å². The zero-order valence-electron chi connectivity index (χ0n) is 10.2. The molecular weight excluding hydrogens is 252 g/mol. The Kier molecular flexibility index (Phi) is 4.86. The Labute approximate surface area is 107 Å². The van der Waals surface area contributed by atoms with Crippen LogP contribution in [0.15, 0.2) is 35.5 Å². The predicted octanol–water partition coefficient (Wildman–Crippen LogP) is 2.41. The van der Waals surface area contributed by atoms with E-state index in [1.54, 1.807) is 37.3 Å². The summed E-state index contributed by atoms with van der Waals surface area (Å²) in [5, 5.41) is 2.78. The van der Waals surface area contributed by atoms with Crippen LogP contribution in [0.4, 0.5) is 0 Å². The maximum Gasteiger partial charge on any atom is 0.352 e. The van der Waals surface area contributed by atoms with Gasteiger partial charge in [-0.15, -0.1) is 0 Å². The topological polar surface area (TPSA) is 60.1 Å². The average molecular weight is 266 g/mol. The van der Waals surface area contributed by atoms with Crippen molar-refractivity contribution in [1.29, 1.82) is 0 Å². The van der Waals surface area contributed by atoms with E-state index in [-0.39, 0.29) is 5.84 Å². The fraction of sp³-hybridized carbons (Fsp3) is 0.333. The summed E-state index contributed by atoms with van der Waals surface area (Å²) in [6.07, 6.45) is 0.427. The molecule has 5 nitrogen and oxygen atoms in total. The molecule has 0 aliphatic rings. The van der Waals surface area contributed by atoms with E-state index in [2.05, 4.69) is 14.3 Å². The molecule has 1 unspecified atom stereocenters. The number of nitrogens with zero attached hydrogens (tertiary/aromatic N) is 2. The molecule has 0 heterocycles. The van der Waals surface area contributed by atoms with Crippen molar-refractivity contribution < 1.29 is 12.7 Å². The molecule has 1 atom stereocenters. The summed E-state index contributed by atoms with van der Waals surface area (Å²) in [5.74, 6) is -0.0810. The molecule has 0 aromatic heterocycles. The smallest absolute Gasteiger partial charge is 0.352 e. The molecule has 0 saturated carbocycles. The van der Waals surface area contributed by atoms with Gasteiger partial charge in [-0.3, -0.25) is 0 Å². The molecule has 0 saturated heterocycles. The second-order valence-corrected chi connectivity index (χ2v) is 5.62. The maximum atomic E-state index is 11.6. The highest BCUT2D eigenvalue weighted by Gasteiger charge is 2.23. The lowest BCUT2D eigenvalue weighted by atomic mass is 10.2. The van der Waals surface area contributed by atoms with E-state index in [9.17, 15) is 8.42 Å². The van der Waals surface area contributed by atoms with E-state index in [4.69, 9.17) is 6.57 Å². The van der Waals surface area contributed by atoms with Gasteiger partial charge in [0.05, 0.1) is 10.4 Å².